The summed E-state index contributed by atoms with van der Waals surface area (Å²) in [6.07, 6.45) is 32.4. The highest BCUT2D eigenvalue weighted by Gasteiger charge is 2.24. The molecule has 1 aromatic rings. The van der Waals surface area contributed by atoms with E-state index in [1.807, 2.05) is 0 Å². The average Bonchev–Trinajstić information content (AvgIpc) is 2.88. The molecule has 0 aliphatic carbocycles. The van der Waals surface area contributed by atoms with Crippen LogP contribution in [0.4, 0.5) is 0 Å². The van der Waals surface area contributed by atoms with E-state index in [9.17, 15) is 0 Å². The number of benzene rings is 1. The Balaban J connectivity index is 3.86. The molecule has 0 bridgehead atoms. The fourth-order valence-corrected chi connectivity index (χ4v) is 3.41. The first-order valence-electron chi connectivity index (χ1n) is 10.9. The van der Waals surface area contributed by atoms with Crippen LogP contribution < -0.4 is 0 Å². The maximum absolute atomic E-state index is 5.73. The van der Waals surface area contributed by atoms with Crippen LogP contribution in [0.2, 0.25) is 0 Å². The quantitative estimate of drug-likeness (QED) is 0.235. The van der Waals surface area contributed by atoms with Gasteiger partial charge in [-0.15, -0.1) is 38.5 Å². The van der Waals surface area contributed by atoms with Gasteiger partial charge in [0.15, 0.2) is 0 Å². The van der Waals surface area contributed by atoms with Gasteiger partial charge in [-0.25, -0.2) is 0 Å². The molecule has 36 heavy (non-hydrogen) atoms. The molecule has 0 aromatic heterocycles. The molecule has 0 radical (unpaired) electrons. The van der Waals surface area contributed by atoms with E-state index in [2.05, 4.69) is 35.5 Å². The Morgan fingerprint density at radius 2 is 0.444 bits per heavy atom. The summed E-state index contributed by atoms with van der Waals surface area (Å²) in [7, 11) is 0. The Bertz CT molecular complexity index is 831. The number of hydrogen-bond donors (Lipinski definition) is 0. The van der Waals surface area contributed by atoms with Crippen LogP contribution in [-0.2, 0) is 68.1 Å². The first-order chi connectivity index (χ1) is 17.7. The van der Waals surface area contributed by atoms with Crippen molar-refractivity contribution in [2.24, 2.45) is 0 Å². The van der Waals surface area contributed by atoms with Crippen molar-refractivity contribution in [3.63, 3.8) is 0 Å². The second-order valence-electron chi connectivity index (χ2n) is 7.05. The minimum atomic E-state index is 0.105. The number of ether oxygens (including phenoxy) is 6. The molecule has 0 saturated carbocycles. The summed E-state index contributed by atoms with van der Waals surface area (Å²) < 4.78 is 34.4. The van der Waals surface area contributed by atoms with Gasteiger partial charge in [-0.2, -0.15) is 0 Å². The van der Waals surface area contributed by atoms with Crippen molar-refractivity contribution in [3.8, 4) is 74.1 Å². The minimum absolute atomic E-state index is 0.105. The van der Waals surface area contributed by atoms with Crippen molar-refractivity contribution >= 4 is 0 Å². The maximum Gasteiger partial charge on any atom is 0.107 e. The molecule has 1 rings (SSSR count). The van der Waals surface area contributed by atoms with E-state index in [-0.39, 0.29) is 79.3 Å². The zero-order valence-electron chi connectivity index (χ0n) is 20.4. The Labute approximate surface area is 215 Å². The molecule has 0 heterocycles. The predicted octanol–water partition coefficient (Wildman–Crippen LogP) is 2.59. The maximum atomic E-state index is 5.73. The zero-order valence-corrected chi connectivity index (χ0v) is 20.4. The molecule has 0 N–H and O–H groups in total. The van der Waals surface area contributed by atoms with E-state index in [0.717, 1.165) is 33.4 Å². The van der Waals surface area contributed by atoms with Crippen LogP contribution >= 0.6 is 0 Å². The van der Waals surface area contributed by atoms with Crippen molar-refractivity contribution in [1.29, 1.82) is 0 Å². The first kappa shape index (κ1) is 30.4. The van der Waals surface area contributed by atoms with E-state index in [4.69, 9.17) is 67.0 Å². The average molecular weight is 487 g/mol. The molecule has 0 aliphatic rings. The smallest absolute Gasteiger partial charge is 0.107 e. The standard InChI is InChI=1S/C30H30O6/c1-7-13-31-19-25-26(20-32-14-8-2)28(22-34-16-10-4)30(24-36-18-12-6)29(23-35-17-11-5)27(25)21-33-15-9-3/h1-6H,13-24H2. The summed E-state index contributed by atoms with van der Waals surface area (Å²) in [5.74, 6) is 14.8. The fraction of sp³-hybridized carbons (Fsp3) is 0.400. The van der Waals surface area contributed by atoms with Gasteiger partial charge in [0.2, 0.25) is 0 Å². The molecule has 186 valence electrons. The van der Waals surface area contributed by atoms with Crippen LogP contribution in [-0.4, -0.2) is 39.6 Å². The largest absolute Gasteiger partial charge is 0.364 e. The summed E-state index contributed by atoms with van der Waals surface area (Å²) in [4.78, 5) is 0. The van der Waals surface area contributed by atoms with Crippen LogP contribution in [0.3, 0.4) is 0 Å². The van der Waals surface area contributed by atoms with Crippen LogP contribution in [0.25, 0.3) is 0 Å². The molecule has 6 nitrogen and oxygen atoms in total. The second-order valence-corrected chi connectivity index (χ2v) is 7.05. The second kappa shape index (κ2) is 19.6. The molecule has 0 aliphatic heterocycles. The van der Waals surface area contributed by atoms with Gasteiger partial charge in [-0.05, 0) is 33.4 Å². The van der Waals surface area contributed by atoms with Crippen LogP contribution in [0.15, 0.2) is 0 Å². The molecule has 0 saturated heterocycles. The minimum Gasteiger partial charge on any atom is -0.364 e. The Morgan fingerprint density at radius 3 is 0.556 bits per heavy atom. The lowest BCUT2D eigenvalue weighted by Gasteiger charge is -2.26. The highest BCUT2D eigenvalue weighted by atomic mass is 16.5. The fourth-order valence-electron chi connectivity index (χ4n) is 3.41. The van der Waals surface area contributed by atoms with Crippen molar-refractivity contribution in [2.45, 2.75) is 39.6 Å². The van der Waals surface area contributed by atoms with E-state index in [1.54, 1.807) is 0 Å². The monoisotopic (exact) mass is 486 g/mol. The van der Waals surface area contributed by atoms with E-state index >= 15 is 0 Å². The SMILES string of the molecule is C#CCOCc1c(COCC#C)c(COCC#C)c(COCC#C)c(COCC#C)c1COCC#C. The van der Waals surface area contributed by atoms with Gasteiger partial charge in [-0.1, -0.05) is 35.5 Å². The lowest BCUT2D eigenvalue weighted by Crippen LogP contribution is -2.19. The lowest BCUT2D eigenvalue weighted by molar-refractivity contribution is 0.112. The first-order valence-corrected chi connectivity index (χ1v) is 10.9. The third-order valence-corrected chi connectivity index (χ3v) is 4.78. The van der Waals surface area contributed by atoms with Gasteiger partial charge in [0.05, 0.1) is 39.6 Å². The van der Waals surface area contributed by atoms with Crippen molar-refractivity contribution in [3.05, 3.63) is 33.4 Å². The van der Waals surface area contributed by atoms with Gasteiger partial charge in [0.25, 0.3) is 0 Å². The Morgan fingerprint density at radius 1 is 0.306 bits per heavy atom. The third-order valence-electron chi connectivity index (χ3n) is 4.78. The topological polar surface area (TPSA) is 55.4 Å². The summed E-state index contributed by atoms with van der Waals surface area (Å²) in [5.41, 5.74) is 4.74. The predicted molar refractivity (Wildman–Crippen MR) is 137 cm³/mol. The molecule has 0 spiro atoms. The molecule has 0 fully saturated rings. The molecule has 0 atom stereocenters. The molecule has 0 unspecified atom stereocenters. The Hall–Kier alpha value is -3.66. The van der Waals surface area contributed by atoms with Gasteiger partial charge in [0.1, 0.15) is 39.6 Å². The molecule has 1 aromatic carbocycles. The summed E-state index contributed by atoms with van der Waals surface area (Å²) in [5, 5.41) is 0. The van der Waals surface area contributed by atoms with E-state index < -0.39 is 0 Å². The Kier molecular flexibility index (Phi) is 16.6. The van der Waals surface area contributed by atoms with Gasteiger partial charge >= 0.3 is 0 Å². The normalized spacial score (nSPS) is 9.83. The van der Waals surface area contributed by atoms with Crippen LogP contribution in [0.5, 0.6) is 0 Å². The van der Waals surface area contributed by atoms with E-state index in [1.165, 1.54) is 0 Å². The van der Waals surface area contributed by atoms with Gasteiger partial charge in [0, 0.05) is 0 Å². The molecular weight excluding hydrogens is 456 g/mol. The van der Waals surface area contributed by atoms with Crippen molar-refractivity contribution in [2.75, 3.05) is 39.6 Å². The van der Waals surface area contributed by atoms with Crippen LogP contribution in [0, 0.1) is 74.1 Å². The summed E-state index contributed by atoms with van der Waals surface area (Å²) in [6.45, 7) is 1.65. The number of terminal acetylenes is 6. The third kappa shape index (κ3) is 10.3. The summed E-state index contributed by atoms with van der Waals surface area (Å²) >= 11 is 0. The lowest BCUT2D eigenvalue weighted by atomic mass is 9.87. The van der Waals surface area contributed by atoms with Gasteiger partial charge < -0.3 is 28.4 Å². The summed E-state index contributed by atoms with van der Waals surface area (Å²) in [6, 6.07) is 0. The number of hydrogen-bond acceptors (Lipinski definition) is 6. The van der Waals surface area contributed by atoms with Crippen LogP contribution in [0.1, 0.15) is 33.4 Å². The van der Waals surface area contributed by atoms with Gasteiger partial charge in [-0.3, -0.25) is 0 Å². The molecule has 0 amide bonds. The number of rotatable bonds is 18. The zero-order chi connectivity index (χ0) is 26.4. The highest BCUT2D eigenvalue weighted by Crippen LogP contribution is 2.33. The van der Waals surface area contributed by atoms with E-state index in [0.29, 0.717) is 0 Å². The highest BCUT2D eigenvalue weighted by molar-refractivity contribution is 5.51. The molecular formula is C30H30O6. The molecule has 6 heteroatoms. The van der Waals surface area contributed by atoms with Crippen molar-refractivity contribution < 1.29 is 28.4 Å². The van der Waals surface area contributed by atoms with Crippen molar-refractivity contribution in [1.82, 2.24) is 0 Å².